The zero-order valence-electron chi connectivity index (χ0n) is 11.1. The first kappa shape index (κ1) is 14.5. The molecule has 6 nitrogen and oxygen atoms in total. The summed E-state index contributed by atoms with van der Waals surface area (Å²) in [6, 6.07) is 2.42. The fourth-order valence-corrected chi connectivity index (χ4v) is 1.89. The van der Waals surface area contributed by atoms with Gasteiger partial charge in [-0.25, -0.2) is 9.18 Å². The fraction of sp³-hybridized carbons (Fsp3) is 0.462. The van der Waals surface area contributed by atoms with Crippen molar-refractivity contribution in [3.05, 3.63) is 23.5 Å². The summed E-state index contributed by atoms with van der Waals surface area (Å²) in [6.45, 7) is 1.91. The largest absolute Gasteiger partial charge is 0.465 e. The van der Waals surface area contributed by atoms with Gasteiger partial charge in [0.05, 0.1) is 44.3 Å². The van der Waals surface area contributed by atoms with Crippen LogP contribution in [-0.2, 0) is 14.2 Å². The third-order valence-electron chi connectivity index (χ3n) is 2.95. The molecule has 0 saturated carbocycles. The number of ether oxygens (including phenoxy) is 3. The quantitative estimate of drug-likeness (QED) is 0.634. The molecule has 0 aromatic heterocycles. The third kappa shape index (κ3) is 3.37. The Kier molecular flexibility index (Phi) is 4.75. The lowest BCUT2D eigenvalue weighted by Gasteiger charge is -2.23. The van der Waals surface area contributed by atoms with Gasteiger partial charge in [0.25, 0.3) is 0 Å². The van der Waals surface area contributed by atoms with Gasteiger partial charge in [0.2, 0.25) is 0 Å². The van der Waals surface area contributed by atoms with Crippen molar-refractivity contribution in [2.75, 3.05) is 44.5 Å². The molecule has 1 aliphatic rings. The molecule has 1 saturated heterocycles. The molecular weight excluding hydrogens is 267 g/mol. The highest BCUT2D eigenvalue weighted by atomic mass is 19.1. The number of hydrogen-bond donors (Lipinski definition) is 2. The number of nitrogen functional groups attached to an aromatic ring is 1. The van der Waals surface area contributed by atoms with Gasteiger partial charge in [-0.2, -0.15) is 0 Å². The summed E-state index contributed by atoms with van der Waals surface area (Å²) in [7, 11) is 1.24. The molecule has 1 atom stereocenters. The van der Waals surface area contributed by atoms with Gasteiger partial charge in [-0.05, 0) is 12.1 Å². The normalized spacial score (nSPS) is 18.6. The first-order valence-electron chi connectivity index (χ1n) is 6.22. The molecule has 2 rings (SSSR count). The Labute approximate surface area is 116 Å². The van der Waals surface area contributed by atoms with Crippen LogP contribution in [0.4, 0.5) is 15.8 Å². The summed E-state index contributed by atoms with van der Waals surface area (Å²) in [5.41, 5.74) is 5.93. The van der Waals surface area contributed by atoms with Crippen molar-refractivity contribution in [3.8, 4) is 0 Å². The molecule has 1 heterocycles. The lowest BCUT2D eigenvalue weighted by atomic mass is 10.1. The molecule has 1 aromatic rings. The molecule has 7 heteroatoms. The van der Waals surface area contributed by atoms with E-state index in [0.717, 1.165) is 6.07 Å². The number of rotatable bonds is 4. The minimum atomic E-state index is -0.609. The van der Waals surface area contributed by atoms with Crippen LogP contribution < -0.4 is 11.1 Å². The fourth-order valence-electron chi connectivity index (χ4n) is 1.89. The zero-order chi connectivity index (χ0) is 14.5. The van der Waals surface area contributed by atoms with Crippen molar-refractivity contribution < 1.29 is 23.4 Å². The van der Waals surface area contributed by atoms with E-state index in [9.17, 15) is 9.18 Å². The summed E-state index contributed by atoms with van der Waals surface area (Å²) in [6.07, 6.45) is -0.151. The van der Waals surface area contributed by atoms with Crippen molar-refractivity contribution in [2.24, 2.45) is 0 Å². The van der Waals surface area contributed by atoms with E-state index in [4.69, 9.17) is 15.2 Å². The number of anilines is 2. The predicted molar refractivity (Wildman–Crippen MR) is 71.2 cm³/mol. The number of halogens is 1. The minimum absolute atomic E-state index is 0.0390. The Morgan fingerprint density at radius 2 is 2.35 bits per heavy atom. The smallest absolute Gasteiger partial charge is 0.340 e. The second-order valence-electron chi connectivity index (χ2n) is 4.36. The standard InChI is InChI=1S/C13H17FN2O4/c1-18-13(17)9-4-12(10(14)5-11(9)15)16-6-8-7-19-2-3-20-8/h4-5,8,16H,2-3,6-7,15H2,1H3. The maximum absolute atomic E-state index is 13.8. The minimum Gasteiger partial charge on any atom is -0.465 e. The van der Waals surface area contributed by atoms with E-state index < -0.39 is 11.8 Å². The molecule has 0 spiro atoms. The predicted octanol–water partition coefficient (Wildman–Crippen LogP) is 1.02. The number of methoxy groups -OCH3 is 1. The highest BCUT2D eigenvalue weighted by molar-refractivity contribution is 5.96. The molecule has 1 unspecified atom stereocenters. The number of carbonyl (C=O) groups is 1. The molecule has 110 valence electrons. The Morgan fingerprint density at radius 1 is 1.55 bits per heavy atom. The first-order chi connectivity index (χ1) is 9.61. The van der Waals surface area contributed by atoms with Crippen molar-refractivity contribution >= 4 is 17.3 Å². The van der Waals surface area contributed by atoms with Gasteiger partial charge in [0, 0.05) is 12.2 Å². The van der Waals surface area contributed by atoms with Crippen molar-refractivity contribution in [2.45, 2.75) is 6.10 Å². The molecule has 0 radical (unpaired) electrons. The maximum Gasteiger partial charge on any atom is 0.340 e. The summed E-state index contributed by atoms with van der Waals surface area (Å²) < 4.78 is 29.1. The van der Waals surface area contributed by atoms with Crippen molar-refractivity contribution in [3.63, 3.8) is 0 Å². The van der Waals surface area contributed by atoms with E-state index in [0.29, 0.717) is 26.4 Å². The topological polar surface area (TPSA) is 82.8 Å². The van der Waals surface area contributed by atoms with Crippen LogP contribution in [0.1, 0.15) is 10.4 Å². The molecule has 0 amide bonds. The van der Waals surface area contributed by atoms with Crippen LogP contribution in [0.15, 0.2) is 12.1 Å². The lowest BCUT2D eigenvalue weighted by molar-refractivity contribution is -0.0819. The maximum atomic E-state index is 13.8. The van der Waals surface area contributed by atoms with Crippen LogP contribution in [0, 0.1) is 5.82 Å². The average molecular weight is 284 g/mol. The van der Waals surface area contributed by atoms with Gasteiger partial charge in [0.1, 0.15) is 5.82 Å². The van der Waals surface area contributed by atoms with Crippen molar-refractivity contribution in [1.29, 1.82) is 0 Å². The van der Waals surface area contributed by atoms with Crippen LogP contribution >= 0.6 is 0 Å². The summed E-state index contributed by atoms with van der Waals surface area (Å²) in [4.78, 5) is 11.5. The molecule has 20 heavy (non-hydrogen) atoms. The molecule has 0 aliphatic carbocycles. The SMILES string of the molecule is COC(=O)c1cc(NCC2COCCO2)c(F)cc1N. The van der Waals surface area contributed by atoms with Gasteiger partial charge in [-0.15, -0.1) is 0 Å². The number of nitrogens with two attached hydrogens (primary N) is 1. The summed E-state index contributed by atoms with van der Waals surface area (Å²) in [5.74, 6) is -1.14. The molecule has 1 fully saturated rings. The molecule has 3 N–H and O–H groups in total. The Balaban J connectivity index is 2.08. The zero-order valence-corrected chi connectivity index (χ0v) is 11.1. The van der Waals surface area contributed by atoms with E-state index >= 15 is 0 Å². The molecule has 1 aromatic carbocycles. The van der Waals surface area contributed by atoms with Crippen LogP contribution in [0.2, 0.25) is 0 Å². The van der Waals surface area contributed by atoms with E-state index in [1.165, 1.54) is 13.2 Å². The molecule has 1 aliphatic heterocycles. The van der Waals surface area contributed by atoms with Crippen LogP contribution in [0.3, 0.4) is 0 Å². The van der Waals surface area contributed by atoms with E-state index in [1.54, 1.807) is 0 Å². The number of benzene rings is 1. The summed E-state index contributed by atoms with van der Waals surface area (Å²) >= 11 is 0. The van der Waals surface area contributed by atoms with Gasteiger partial charge < -0.3 is 25.3 Å². The van der Waals surface area contributed by atoms with Crippen LogP contribution in [0.25, 0.3) is 0 Å². The van der Waals surface area contributed by atoms with E-state index in [-0.39, 0.29) is 23.0 Å². The second kappa shape index (κ2) is 6.53. The Morgan fingerprint density at radius 3 is 3.00 bits per heavy atom. The highest BCUT2D eigenvalue weighted by Crippen LogP contribution is 2.23. The molecule has 0 bridgehead atoms. The Bertz CT molecular complexity index is 490. The van der Waals surface area contributed by atoms with Gasteiger partial charge in [-0.1, -0.05) is 0 Å². The van der Waals surface area contributed by atoms with E-state index in [1.807, 2.05) is 0 Å². The van der Waals surface area contributed by atoms with Gasteiger partial charge >= 0.3 is 5.97 Å². The number of carbonyl (C=O) groups excluding carboxylic acids is 1. The van der Waals surface area contributed by atoms with Crippen LogP contribution in [-0.4, -0.2) is 45.5 Å². The third-order valence-corrected chi connectivity index (χ3v) is 2.95. The lowest BCUT2D eigenvalue weighted by Crippen LogP contribution is -2.34. The number of hydrogen-bond acceptors (Lipinski definition) is 6. The summed E-state index contributed by atoms with van der Waals surface area (Å²) in [5, 5.41) is 2.89. The van der Waals surface area contributed by atoms with E-state index in [2.05, 4.69) is 10.1 Å². The van der Waals surface area contributed by atoms with Gasteiger partial charge in [-0.3, -0.25) is 0 Å². The first-order valence-corrected chi connectivity index (χ1v) is 6.22. The van der Waals surface area contributed by atoms with Crippen molar-refractivity contribution in [1.82, 2.24) is 0 Å². The highest BCUT2D eigenvalue weighted by Gasteiger charge is 2.17. The number of esters is 1. The average Bonchev–Trinajstić information content (AvgIpc) is 2.46. The van der Waals surface area contributed by atoms with Crippen LogP contribution in [0.5, 0.6) is 0 Å². The Hall–Kier alpha value is -1.86. The van der Waals surface area contributed by atoms with Gasteiger partial charge in [0.15, 0.2) is 0 Å². The monoisotopic (exact) mass is 284 g/mol. The number of nitrogens with one attached hydrogen (secondary N) is 1. The molecular formula is C13H17FN2O4. The second-order valence-corrected chi connectivity index (χ2v) is 4.36.